The second-order valence-corrected chi connectivity index (χ2v) is 6.26. The Hall–Kier alpha value is -3.25. The van der Waals surface area contributed by atoms with Gasteiger partial charge in [-0.15, -0.1) is 0 Å². The van der Waals surface area contributed by atoms with Gasteiger partial charge in [-0.2, -0.15) is 0 Å². The highest BCUT2D eigenvalue weighted by molar-refractivity contribution is 6.30. The molecule has 0 radical (unpaired) electrons. The molecule has 0 saturated heterocycles. The van der Waals surface area contributed by atoms with E-state index in [0.29, 0.717) is 28.6 Å². The molecule has 6 nitrogen and oxygen atoms in total. The Morgan fingerprint density at radius 2 is 1.82 bits per heavy atom. The molecule has 0 fully saturated rings. The molecule has 0 aliphatic carbocycles. The van der Waals surface area contributed by atoms with Crippen LogP contribution in [0.5, 0.6) is 5.75 Å². The highest BCUT2D eigenvalue weighted by Crippen LogP contribution is 2.25. The number of amides is 1. The van der Waals surface area contributed by atoms with Gasteiger partial charge in [0.2, 0.25) is 5.78 Å². The number of hydrogen-bond acceptors (Lipinski definition) is 5. The Kier molecular flexibility index (Phi) is 6.34. The number of furan rings is 1. The third kappa shape index (κ3) is 4.72. The summed E-state index contributed by atoms with van der Waals surface area (Å²) in [5.41, 5.74) is 0.979. The van der Waals surface area contributed by atoms with Crippen LogP contribution in [0.25, 0.3) is 0 Å². The lowest BCUT2D eigenvalue weighted by Gasteiger charge is -2.21. The predicted octanol–water partition coefficient (Wildman–Crippen LogP) is 4.38. The van der Waals surface area contributed by atoms with Gasteiger partial charge in [0.05, 0.1) is 18.6 Å². The molecule has 1 aromatic heterocycles. The van der Waals surface area contributed by atoms with Crippen molar-refractivity contribution in [2.75, 3.05) is 11.9 Å². The van der Waals surface area contributed by atoms with Crippen LogP contribution in [-0.4, -0.2) is 24.5 Å². The third-order valence-corrected chi connectivity index (χ3v) is 4.15. The second-order valence-electron chi connectivity index (χ2n) is 5.83. The summed E-state index contributed by atoms with van der Waals surface area (Å²) in [6.45, 7) is 2.33. The van der Waals surface area contributed by atoms with E-state index in [1.807, 2.05) is 19.1 Å². The molecule has 1 unspecified atom stereocenters. The molecular weight excluding hydrogens is 380 g/mol. The molecule has 0 spiro atoms. The molecule has 7 heteroatoms. The van der Waals surface area contributed by atoms with Crippen molar-refractivity contribution < 1.29 is 18.7 Å². The van der Waals surface area contributed by atoms with Gasteiger partial charge in [-0.25, -0.2) is 0 Å². The molecule has 2 N–H and O–H groups in total. The topological polar surface area (TPSA) is 80.6 Å². The quantitative estimate of drug-likeness (QED) is 0.434. The molecule has 0 bridgehead atoms. The lowest BCUT2D eigenvalue weighted by Crippen LogP contribution is -2.46. The van der Waals surface area contributed by atoms with Crippen LogP contribution in [0.3, 0.4) is 0 Å². The van der Waals surface area contributed by atoms with Crippen LogP contribution in [0.15, 0.2) is 71.3 Å². The second kappa shape index (κ2) is 9.10. The number of Topliss-reactive ketones (excluding diaryl/α,β-unsaturated/α-hetero) is 1. The van der Waals surface area contributed by atoms with Crippen LogP contribution in [-0.2, 0) is 0 Å². The van der Waals surface area contributed by atoms with Gasteiger partial charge in [-0.3, -0.25) is 9.59 Å². The van der Waals surface area contributed by atoms with Gasteiger partial charge in [0.15, 0.2) is 11.9 Å². The van der Waals surface area contributed by atoms with Crippen molar-refractivity contribution in [3.63, 3.8) is 0 Å². The van der Waals surface area contributed by atoms with Crippen LogP contribution in [0, 0.1) is 0 Å². The summed E-state index contributed by atoms with van der Waals surface area (Å²) < 4.78 is 10.7. The van der Waals surface area contributed by atoms with Crippen molar-refractivity contribution in [1.29, 1.82) is 0 Å². The number of ketones is 1. The van der Waals surface area contributed by atoms with Crippen LogP contribution in [0.4, 0.5) is 5.69 Å². The highest BCUT2D eigenvalue weighted by Gasteiger charge is 2.24. The zero-order valence-corrected chi connectivity index (χ0v) is 15.9. The maximum Gasteiger partial charge on any atom is 0.288 e. The van der Waals surface area contributed by atoms with E-state index in [2.05, 4.69) is 10.6 Å². The average molecular weight is 399 g/mol. The van der Waals surface area contributed by atoms with Crippen LogP contribution < -0.4 is 15.4 Å². The molecule has 0 aliphatic rings. The third-order valence-electron chi connectivity index (χ3n) is 3.90. The molecule has 1 atom stereocenters. The number of nitrogens with one attached hydrogen (secondary N) is 2. The van der Waals surface area contributed by atoms with E-state index in [1.54, 1.807) is 42.5 Å². The first-order chi connectivity index (χ1) is 13.6. The fourth-order valence-corrected chi connectivity index (χ4v) is 2.71. The smallest absolute Gasteiger partial charge is 0.288 e. The number of rotatable bonds is 8. The summed E-state index contributed by atoms with van der Waals surface area (Å²) in [6.07, 6.45) is 0.350. The first-order valence-corrected chi connectivity index (χ1v) is 9.09. The van der Waals surface area contributed by atoms with E-state index < -0.39 is 12.1 Å². The number of carbonyl (C=O) groups excluding carboxylic acids is 2. The van der Waals surface area contributed by atoms with E-state index in [9.17, 15) is 9.59 Å². The Labute approximate surface area is 167 Å². The first-order valence-electron chi connectivity index (χ1n) is 8.71. The van der Waals surface area contributed by atoms with E-state index in [4.69, 9.17) is 20.8 Å². The van der Waals surface area contributed by atoms with E-state index >= 15 is 0 Å². The maximum absolute atomic E-state index is 13.0. The summed E-state index contributed by atoms with van der Waals surface area (Å²) in [7, 11) is 0. The Balaban J connectivity index is 1.88. The fourth-order valence-electron chi connectivity index (χ4n) is 2.58. The van der Waals surface area contributed by atoms with Crippen molar-refractivity contribution in [2.45, 2.75) is 13.1 Å². The van der Waals surface area contributed by atoms with Gasteiger partial charge < -0.3 is 19.8 Å². The molecule has 144 valence electrons. The monoisotopic (exact) mass is 398 g/mol. The normalized spacial score (nSPS) is 11.5. The number of carbonyl (C=O) groups is 2. The Morgan fingerprint density at radius 1 is 1.07 bits per heavy atom. The fraction of sp³-hybridized carbons (Fsp3) is 0.143. The highest BCUT2D eigenvalue weighted by atomic mass is 35.5. The molecule has 1 amide bonds. The minimum absolute atomic E-state index is 0.105. The summed E-state index contributed by atoms with van der Waals surface area (Å²) >= 11 is 5.91. The van der Waals surface area contributed by atoms with Crippen LogP contribution >= 0.6 is 11.6 Å². The number of benzene rings is 2. The van der Waals surface area contributed by atoms with E-state index in [1.165, 1.54) is 12.3 Å². The van der Waals surface area contributed by atoms with Crippen LogP contribution in [0.2, 0.25) is 5.02 Å². The summed E-state index contributed by atoms with van der Waals surface area (Å²) in [5.74, 6) is -0.165. The number of ether oxygens (including phenoxy) is 1. The summed E-state index contributed by atoms with van der Waals surface area (Å²) in [4.78, 5) is 25.5. The Morgan fingerprint density at radius 3 is 2.50 bits per heavy atom. The Bertz CT molecular complexity index is 939. The minimum Gasteiger partial charge on any atom is -0.492 e. The number of para-hydroxylation sites is 2. The average Bonchev–Trinajstić information content (AvgIpc) is 3.24. The molecule has 28 heavy (non-hydrogen) atoms. The molecule has 3 rings (SSSR count). The van der Waals surface area contributed by atoms with Gasteiger partial charge in [0, 0.05) is 10.6 Å². The molecular formula is C21H19ClN2O4. The maximum atomic E-state index is 13.0. The zero-order valence-electron chi connectivity index (χ0n) is 15.1. The minimum atomic E-state index is -1.04. The van der Waals surface area contributed by atoms with Crippen molar-refractivity contribution >= 4 is 29.0 Å². The molecule has 2 aromatic carbocycles. The zero-order chi connectivity index (χ0) is 19.9. The summed E-state index contributed by atoms with van der Waals surface area (Å²) in [5, 5.41) is 6.24. The van der Waals surface area contributed by atoms with Crippen molar-refractivity contribution in [2.24, 2.45) is 0 Å². The van der Waals surface area contributed by atoms with Gasteiger partial charge in [-0.1, -0.05) is 23.7 Å². The molecule has 0 saturated carbocycles. The predicted molar refractivity (Wildman–Crippen MR) is 107 cm³/mol. The van der Waals surface area contributed by atoms with Crippen molar-refractivity contribution in [3.05, 3.63) is 83.3 Å². The number of hydrogen-bond donors (Lipinski definition) is 2. The largest absolute Gasteiger partial charge is 0.492 e. The van der Waals surface area contributed by atoms with Gasteiger partial charge >= 0.3 is 0 Å². The number of halogens is 1. The first kappa shape index (κ1) is 19.5. The lowest BCUT2D eigenvalue weighted by atomic mass is 10.1. The van der Waals surface area contributed by atoms with Gasteiger partial charge in [0.25, 0.3) is 5.91 Å². The lowest BCUT2D eigenvalue weighted by molar-refractivity contribution is 0.0852. The van der Waals surface area contributed by atoms with Crippen molar-refractivity contribution in [1.82, 2.24) is 5.32 Å². The SMILES string of the molecule is CCOc1ccccc1NC(NC(=O)c1ccco1)C(=O)c1ccc(Cl)cc1. The van der Waals surface area contributed by atoms with Gasteiger partial charge in [-0.05, 0) is 55.5 Å². The number of anilines is 1. The van der Waals surface area contributed by atoms with Crippen molar-refractivity contribution in [3.8, 4) is 5.75 Å². The molecule has 3 aromatic rings. The van der Waals surface area contributed by atoms with Gasteiger partial charge in [0.1, 0.15) is 5.75 Å². The van der Waals surface area contributed by atoms with Crippen LogP contribution in [0.1, 0.15) is 27.8 Å². The van der Waals surface area contributed by atoms with E-state index in [-0.39, 0.29) is 11.5 Å². The molecule has 1 heterocycles. The molecule has 0 aliphatic heterocycles. The standard InChI is InChI=1S/C21H19ClN2O4/c1-2-27-17-7-4-3-6-16(17)23-20(24-21(26)18-8-5-13-28-18)19(25)14-9-11-15(22)12-10-14/h3-13,20,23H,2H2,1H3,(H,24,26). The summed E-state index contributed by atoms with van der Waals surface area (Å²) in [6, 6.07) is 16.8. The van der Waals surface area contributed by atoms with E-state index in [0.717, 1.165) is 0 Å².